The fourth-order valence-electron chi connectivity index (χ4n) is 3.69. The minimum Gasteiger partial charge on any atom is -0.493 e. The summed E-state index contributed by atoms with van der Waals surface area (Å²) in [6, 6.07) is 10.4. The Hall–Kier alpha value is -4.35. The third-order valence-corrected chi connectivity index (χ3v) is 5.34. The van der Waals surface area contributed by atoms with E-state index in [0.29, 0.717) is 0 Å². The van der Waals surface area contributed by atoms with Crippen LogP contribution in [0, 0.1) is 16.0 Å². The second-order valence-electron chi connectivity index (χ2n) is 7.13. The molecule has 12 heteroatoms. The van der Waals surface area contributed by atoms with E-state index in [2.05, 4.69) is 5.32 Å². The molecular formula is C23H26N2O10. The minimum atomic E-state index is -2.20. The van der Waals surface area contributed by atoms with Crippen LogP contribution in [0.15, 0.2) is 42.5 Å². The summed E-state index contributed by atoms with van der Waals surface area (Å²) in [6.45, 7) is -0.996. The van der Waals surface area contributed by atoms with Crippen molar-refractivity contribution in [1.29, 1.82) is 0 Å². The summed E-state index contributed by atoms with van der Waals surface area (Å²) in [7, 11) is 5.97. The zero-order chi connectivity index (χ0) is 26.2. The van der Waals surface area contributed by atoms with Gasteiger partial charge in [0.05, 0.1) is 46.8 Å². The van der Waals surface area contributed by atoms with Gasteiger partial charge in [-0.05, 0) is 5.56 Å². The molecule has 2 aromatic carbocycles. The summed E-state index contributed by atoms with van der Waals surface area (Å²) < 4.78 is 25.3. The molecule has 188 valence electrons. The van der Waals surface area contributed by atoms with E-state index < -0.39 is 40.8 Å². The predicted molar refractivity (Wildman–Crippen MR) is 122 cm³/mol. The van der Waals surface area contributed by atoms with E-state index in [4.69, 9.17) is 23.7 Å². The summed E-state index contributed by atoms with van der Waals surface area (Å²) >= 11 is 0. The molecule has 0 aromatic heterocycles. The van der Waals surface area contributed by atoms with E-state index in [1.54, 1.807) is 18.2 Å². The topological polar surface area (TPSA) is 153 Å². The number of ether oxygens (including phenoxy) is 5. The molecule has 0 heterocycles. The van der Waals surface area contributed by atoms with Gasteiger partial charge in [0.15, 0.2) is 23.0 Å². The Morgan fingerprint density at radius 2 is 1.54 bits per heavy atom. The van der Waals surface area contributed by atoms with Gasteiger partial charge in [-0.2, -0.15) is 0 Å². The molecule has 0 spiro atoms. The zero-order valence-corrected chi connectivity index (χ0v) is 19.9. The van der Waals surface area contributed by atoms with Gasteiger partial charge in [-0.3, -0.25) is 14.9 Å². The number of hydrogen-bond acceptors (Lipinski definition) is 11. The van der Waals surface area contributed by atoms with Gasteiger partial charge in [-0.25, -0.2) is 9.59 Å². The fraction of sp³-hybridized carbons (Fsp3) is 0.348. The molecule has 0 saturated heterocycles. The molecule has 0 saturated carbocycles. The molecule has 2 aromatic rings. The normalized spacial score (nSPS) is 12.9. The molecule has 0 aliphatic heterocycles. The number of nitrogens with zero attached hydrogens (tertiary/aromatic N) is 1. The maximum absolute atomic E-state index is 13.4. The highest BCUT2D eigenvalue weighted by atomic mass is 16.6. The predicted octanol–water partition coefficient (Wildman–Crippen LogP) is 2.04. The van der Waals surface area contributed by atoms with Gasteiger partial charge in [-0.15, -0.1) is 0 Å². The van der Waals surface area contributed by atoms with Crippen LogP contribution in [-0.2, 0) is 29.3 Å². The summed E-state index contributed by atoms with van der Waals surface area (Å²) in [5.41, 5.74) is -2.19. The lowest BCUT2D eigenvalue weighted by molar-refractivity contribution is -0.487. The minimum absolute atomic E-state index is 0.0407. The van der Waals surface area contributed by atoms with E-state index in [9.17, 15) is 24.5 Å². The van der Waals surface area contributed by atoms with E-state index in [-0.39, 0.29) is 28.3 Å². The summed E-state index contributed by atoms with van der Waals surface area (Å²) in [5, 5.41) is 14.5. The quantitative estimate of drug-likeness (QED) is 0.213. The average Bonchev–Trinajstić information content (AvgIpc) is 2.88. The lowest BCUT2D eigenvalue weighted by atomic mass is 9.77. The summed E-state index contributed by atoms with van der Waals surface area (Å²) in [6.07, 6.45) is 0. The van der Waals surface area contributed by atoms with Crippen LogP contribution in [0.1, 0.15) is 15.9 Å². The largest absolute Gasteiger partial charge is 0.493 e. The Bertz CT molecular complexity index is 1090. The lowest BCUT2D eigenvalue weighted by Crippen LogP contribution is -2.55. The molecule has 0 amide bonds. The number of nitro groups is 1. The maximum Gasteiger partial charge on any atom is 0.340 e. The number of hydrogen-bond donors (Lipinski definition) is 1. The smallest absolute Gasteiger partial charge is 0.340 e. The molecule has 0 radical (unpaired) electrons. The molecular weight excluding hydrogens is 464 g/mol. The van der Waals surface area contributed by atoms with Crippen molar-refractivity contribution in [2.24, 2.45) is 5.92 Å². The van der Waals surface area contributed by atoms with Gasteiger partial charge in [0.25, 0.3) is 0 Å². The van der Waals surface area contributed by atoms with Crippen molar-refractivity contribution in [3.8, 4) is 11.5 Å². The Labute approximate surface area is 201 Å². The number of nitrogens with one attached hydrogen (secondary N) is 1. The van der Waals surface area contributed by atoms with Crippen molar-refractivity contribution in [2.45, 2.75) is 5.54 Å². The third kappa shape index (κ3) is 5.42. The highest BCUT2D eigenvalue weighted by Crippen LogP contribution is 2.41. The highest BCUT2D eigenvalue weighted by molar-refractivity contribution is 5.99. The van der Waals surface area contributed by atoms with Crippen LogP contribution in [0.2, 0.25) is 0 Å². The summed E-state index contributed by atoms with van der Waals surface area (Å²) in [4.78, 5) is 49.7. The second kappa shape index (κ2) is 11.7. The van der Waals surface area contributed by atoms with Gasteiger partial charge in [0.2, 0.25) is 6.54 Å². The molecule has 0 bridgehead atoms. The molecule has 12 nitrogen and oxygen atoms in total. The van der Waals surface area contributed by atoms with Crippen LogP contribution >= 0.6 is 0 Å². The van der Waals surface area contributed by atoms with E-state index in [1.165, 1.54) is 38.5 Å². The van der Waals surface area contributed by atoms with Crippen LogP contribution in [0.4, 0.5) is 5.69 Å². The molecule has 1 N–H and O–H groups in total. The second-order valence-corrected chi connectivity index (χ2v) is 7.13. The van der Waals surface area contributed by atoms with E-state index >= 15 is 0 Å². The Morgan fingerprint density at radius 1 is 0.943 bits per heavy atom. The molecule has 0 fully saturated rings. The van der Waals surface area contributed by atoms with E-state index in [0.717, 1.165) is 21.3 Å². The monoisotopic (exact) mass is 490 g/mol. The first-order valence-electron chi connectivity index (χ1n) is 10.2. The maximum atomic E-state index is 13.4. The van der Waals surface area contributed by atoms with Crippen LogP contribution in [0.5, 0.6) is 11.5 Å². The third-order valence-electron chi connectivity index (χ3n) is 5.34. The van der Waals surface area contributed by atoms with Gasteiger partial charge >= 0.3 is 17.9 Å². The Morgan fingerprint density at radius 3 is 2.03 bits per heavy atom. The Kier molecular flexibility index (Phi) is 8.98. The van der Waals surface area contributed by atoms with Crippen LogP contribution in [-0.4, -0.2) is 64.9 Å². The Balaban J connectivity index is 2.96. The lowest BCUT2D eigenvalue weighted by Gasteiger charge is -2.37. The standard InChI is InChI=1S/C23H26N2O10/c1-31-18-11-15(20(26)33-3)17(12-19(18)32-2)24-23(22(28)35-5,14-9-7-6-8-10-14)16(13-25(29)30)21(27)34-4/h6-12,16,24H,13H2,1-5H3/t16-,23-/m0/s1. The van der Waals surface area contributed by atoms with Crippen molar-refractivity contribution in [1.82, 2.24) is 0 Å². The number of methoxy groups -OCH3 is 5. The molecule has 0 aliphatic rings. The number of esters is 3. The molecule has 35 heavy (non-hydrogen) atoms. The first-order chi connectivity index (χ1) is 16.7. The van der Waals surface area contributed by atoms with Gasteiger partial charge in [-0.1, -0.05) is 30.3 Å². The van der Waals surface area contributed by atoms with E-state index in [1.807, 2.05) is 0 Å². The van der Waals surface area contributed by atoms with Gasteiger partial charge in [0, 0.05) is 17.1 Å². The molecule has 0 aliphatic carbocycles. The average molecular weight is 490 g/mol. The van der Waals surface area contributed by atoms with Gasteiger partial charge < -0.3 is 29.0 Å². The van der Waals surface area contributed by atoms with Crippen molar-refractivity contribution < 1.29 is 43.0 Å². The number of rotatable bonds is 11. The van der Waals surface area contributed by atoms with Crippen molar-refractivity contribution in [3.05, 3.63) is 63.7 Å². The number of carbonyl (C=O) groups excluding carboxylic acids is 3. The number of carbonyl (C=O) groups is 3. The van der Waals surface area contributed by atoms with Crippen LogP contribution < -0.4 is 14.8 Å². The van der Waals surface area contributed by atoms with Crippen molar-refractivity contribution in [2.75, 3.05) is 47.4 Å². The molecule has 0 unspecified atom stereocenters. The van der Waals surface area contributed by atoms with Gasteiger partial charge in [0.1, 0.15) is 0 Å². The highest BCUT2D eigenvalue weighted by Gasteiger charge is 2.55. The van der Waals surface area contributed by atoms with Crippen LogP contribution in [0.3, 0.4) is 0 Å². The van der Waals surface area contributed by atoms with Crippen molar-refractivity contribution in [3.63, 3.8) is 0 Å². The number of anilines is 1. The zero-order valence-electron chi connectivity index (χ0n) is 19.9. The first kappa shape index (κ1) is 26.9. The van der Waals surface area contributed by atoms with Crippen molar-refractivity contribution >= 4 is 23.6 Å². The first-order valence-corrected chi connectivity index (χ1v) is 10.2. The molecule has 2 atom stereocenters. The number of benzene rings is 2. The fourth-order valence-corrected chi connectivity index (χ4v) is 3.69. The molecule has 2 rings (SSSR count). The SMILES string of the molecule is COC(=O)c1cc(OC)c(OC)cc1N[C@@](C(=O)OC)(c1ccccc1)[C@@H](C[N+](=O)[O-])C(=O)OC. The van der Waals surface area contributed by atoms with Crippen LogP contribution in [0.25, 0.3) is 0 Å². The summed E-state index contributed by atoms with van der Waals surface area (Å²) in [5.74, 6) is -4.27.